The van der Waals surface area contributed by atoms with Crippen molar-refractivity contribution >= 4 is 5.97 Å². The molecule has 4 aromatic rings. The van der Waals surface area contributed by atoms with Gasteiger partial charge in [-0.2, -0.15) is 4.39 Å². The molecule has 0 aromatic heterocycles. The van der Waals surface area contributed by atoms with Crippen molar-refractivity contribution in [1.82, 2.24) is 0 Å². The van der Waals surface area contributed by atoms with Crippen LogP contribution in [0, 0.1) is 24.4 Å². The highest BCUT2D eigenvalue weighted by Gasteiger charge is 2.19. The maximum Gasteiger partial charge on any atom is 0.343 e. The van der Waals surface area contributed by atoms with E-state index < -0.39 is 23.4 Å². The highest BCUT2D eigenvalue weighted by atomic mass is 19.2. The highest BCUT2D eigenvalue weighted by Crippen LogP contribution is 2.31. The number of halogens is 3. The fraction of sp³-hybridized carbons (Fsp3) is 0.138. The Bertz CT molecular complexity index is 1330. The average molecular weight is 460 g/mol. The molecule has 0 radical (unpaired) electrons. The van der Waals surface area contributed by atoms with Crippen LogP contribution in [0.2, 0.25) is 0 Å². The predicted octanol–water partition coefficient (Wildman–Crippen LogP) is 7.92. The van der Waals surface area contributed by atoms with Crippen molar-refractivity contribution in [3.8, 4) is 28.0 Å². The summed E-state index contributed by atoms with van der Waals surface area (Å²) in [6, 6.07) is 20.8. The minimum Gasteiger partial charge on any atom is -0.420 e. The normalized spacial score (nSPS) is 10.9. The minimum atomic E-state index is -1.23. The standard InChI is InChI=1S/C29H23F3O2/c1-3-4-19-6-8-21(9-7-19)24-15-16-26(28(32)27(24)31)34-29(33)22-12-10-20(11-13-22)23-14-5-18(2)17-25(23)30/h5-17H,3-4H2,1-2H3. The van der Waals surface area contributed by atoms with Gasteiger partial charge in [0, 0.05) is 11.1 Å². The van der Waals surface area contributed by atoms with Gasteiger partial charge >= 0.3 is 5.97 Å². The number of carbonyl (C=O) groups is 1. The second-order valence-electron chi connectivity index (χ2n) is 8.14. The van der Waals surface area contributed by atoms with Crippen LogP contribution in [0.15, 0.2) is 78.9 Å². The second-order valence-corrected chi connectivity index (χ2v) is 8.14. The molecule has 0 N–H and O–H groups in total. The summed E-state index contributed by atoms with van der Waals surface area (Å²) in [6.45, 7) is 3.87. The van der Waals surface area contributed by atoms with Crippen LogP contribution in [0.3, 0.4) is 0 Å². The van der Waals surface area contributed by atoms with Crippen LogP contribution in [0.25, 0.3) is 22.3 Å². The first kappa shape index (κ1) is 23.3. The van der Waals surface area contributed by atoms with E-state index in [-0.39, 0.29) is 16.9 Å². The van der Waals surface area contributed by atoms with Gasteiger partial charge in [-0.15, -0.1) is 0 Å². The molecule has 0 spiro atoms. The molecule has 0 fully saturated rings. The Morgan fingerprint density at radius 2 is 1.38 bits per heavy atom. The third kappa shape index (κ3) is 4.88. The second kappa shape index (κ2) is 9.96. The third-order valence-electron chi connectivity index (χ3n) is 5.61. The first-order valence-corrected chi connectivity index (χ1v) is 11.0. The summed E-state index contributed by atoms with van der Waals surface area (Å²) in [5.41, 5.74) is 3.66. The Balaban J connectivity index is 1.52. The Labute approximate surface area is 196 Å². The zero-order valence-corrected chi connectivity index (χ0v) is 18.9. The van der Waals surface area contributed by atoms with Crippen LogP contribution >= 0.6 is 0 Å². The molecule has 0 unspecified atom stereocenters. The first-order chi connectivity index (χ1) is 16.4. The smallest absolute Gasteiger partial charge is 0.343 e. The average Bonchev–Trinajstić information content (AvgIpc) is 2.83. The Morgan fingerprint density at radius 1 is 0.765 bits per heavy atom. The summed E-state index contributed by atoms with van der Waals surface area (Å²) in [5.74, 6) is -4.03. The van der Waals surface area contributed by atoms with E-state index in [1.54, 1.807) is 43.3 Å². The van der Waals surface area contributed by atoms with Gasteiger partial charge in [0.2, 0.25) is 5.82 Å². The lowest BCUT2D eigenvalue weighted by Gasteiger charge is -2.10. The summed E-state index contributed by atoms with van der Waals surface area (Å²) in [5, 5.41) is 0. The molecule has 4 aromatic carbocycles. The fourth-order valence-electron chi connectivity index (χ4n) is 3.77. The van der Waals surface area contributed by atoms with E-state index in [9.17, 15) is 18.0 Å². The van der Waals surface area contributed by atoms with Crippen LogP contribution in [0.5, 0.6) is 5.75 Å². The topological polar surface area (TPSA) is 26.3 Å². The molecule has 0 atom stereocenters. The number of esters is 1. The van der Waals surface area contributed by atoms with Crippen molar-refractivity contribution < 1.29 is 22.7 Å². The van der Waals surface area contributed by atoms with Crippen LogP contribution in [-0.2, 0) is 6.42 Å². The van der Waals surface area contributed by atoms with E-state index in [0.29, 0.717) is 16.7 Å². The molecule has 4 rings (SSSR count). The van der Waals surface area contributed by atoms with Crippen molar-refractivity contribution in [2.45, 2.75) is 26.7 Å². The number of carbonyl (C=O) groups excluding carboxylic acids is 1. The van der Waals surface area contributed by atoms with Gasteiger partial charge in [-0.25, -0.2) is 13.6 Å². The van der Waals surface area contributed by atoms with E-state index in [0.717, 1.165) is 24.0 Å². The molecule has 2 nitrogen and oxygen atoms in total. The molecule has 0 heterocycles. The lowest BCUT2D eigenvalue weighted by atomic mass is 10.0. The lowest BCUT2D eigenvalue weighted by Crippen LogP contribution is -2.10. The predicted molar refractivity (Wildman–Crippen MR) is 127 cm³/mol. The molecule has 0 amide bonds. The summed E-state index contributed by atoms with van der Waals surface area (Å²) >= 11 is 0. The number of ether oxygens (including phenoxy) is 1. The molecule has 0 aliphatic rings. The molecule has 0 aliphatic carbocycles. The third-order valence-corrected chi connectivity index (χ3v) is 5.61. The van der Waals surface area contributed by atoms with Crippen molar-refractivity contribution in [3.63, 3.8) is 0 Å². The molecular formula is C29H23F3O2. The van der Waals surface area contributed by atoms with Gasteiger partial charge in [0.1, 0.15) is 5.82 Å². The van der Waals surface area contributed by atoms with Crippen molar-refractivity contribution in [3.05, 3.63) is 113 Å². The number of rotatable bonds is 6. The van der Waals surface area contributed by atoms with Crippen LogP contribution < -0.4 is 4.74 Å². The molecule has 0 saturated heterocycles. The molecule has 0 aliphatic heterocycles. The van der Waals surface area contributed by atoms with Crippen LogP contribution in [0.4, 0.5) is 13.2 Å². The lowest BCUT2D eigenvalue weighted by molar-refractivity contribution is 0.0727. The van der Waals surface area contributed by atoms with Gasteiger partial charge in [0.05, 0.1) is 5.56 Å². The van der Waals surface area contributed by atoms with Crippen LogP contribution in [-0.4, -0.2) is 5.97 Å². The van der Waals surface area contributed by atoms with E-state index >= 15 is 0 Å². The SMILES string of the molecule is CCCc1ccc(-c2ccc(OC(=O)c3ccc(-c4ccc(C)cc4F)cc3)c(F)c2F)cc1. The van der Waals surface area contributed by atoms with E-state index in [4.69, 9.17) is 4.74 Å². The number of benzene rings is 4. The zero-order valence-electron chi connectivity index (χ0n) is 18.9. The molecular weight excluding hydrogens is 437 g/mol. The van der Waals surface area contributed by atoms with Crippen LogP contribution in [0.1, 0.15) is 34.8 Å². The number of hydrogen-bond donors (Lipinski definition) is 0. The van der Waals surface area contributed by atoms with E-state index in [2.05, 4.69) is 6.92 Å². The van der Waals surface area contributed by atoms with Gasteiger partial charge in [-0.3, -0.25) is 0 Å². The molecule has 0 bridgehead atoms. The van der Waals surface area contributed by atoms with Gasteiger partial charge in [0.15, 0.2) is 11.6 Å². The number of hydrogen-bond acceptors (Lipinski definition) is 2. The molecule has 5 heteroatoms. The fourth-order valence-corrected chi connectivity index (χ4v) is 3.77. The van der Waals surface area contributed by atoms with Gasteiger partial charge in [0.25, 0.3) is 0 Å². The van der Waals surface area contributed by atoms with Gasteiger partial charge in [-0.05, 0) is 65.9 Å². The zero-order chi connectivity index (χ0) is 24.2. The van der Waals surface area contributed by atoms with Gasteiger partial charge in [-0.1, -0.05) is 61.9 Å². The van der Waals surface area contributed by atoms with E-state index in [1.165, 1.54) is 30.3 Å². The van der Waals surface area contributed by atoms with Gasteiger partial charge < -0.3 is 4.74 Å². The molecule has 34 heavy (non-hydrogen) atoms. The monoisotopic (exact) mass is 460 g/mol. The van der Waals surface area contributed by atoms with E-state index in [1.807, 2.05) is 12.1 Å². The molecule has 0 saturated carbocycles. The van der Waals surface area contributed by atoms with Crippen molar-refractivity contribution in [2.24, 2.45) is 0 Å². The maximum atomic E-state index is 14.8. The quantitative estimate of drug-likeness (QED) is 0.216. The Kier molecular flexibility index (Phi) is 6.82. The summed E-state index contributed by atoms with van der Waals surface area (Å²) < 4.78 is 48.8. The van der Waals surface area contributed by atoms with Crippen molar-refractivity contribution in [1.29, 1.82) is 0 Å². The largest absolute Gasteiger partial charge is 0.420 e. The highest BCUT2D eigenvalue weighted by molar-refractivity contribution is 5.91. The summed E-state index contributed by atoms with van der Waals surface area (Å²) in [4.78, 5) is 12.5. The summed E-state index contributed by atoms with van der Waals surface area (Å²) in [7, 11) is 0. The minimum absolute atomic E-state index is 0.0878. The van der Waals surface area contributed by atoms with Crippen molar-refractivity contribution in [2.75, 3.05) is 0 Å². The summed E-state index contributed by atoms with van der Waals surface area (Å²) in [6.07, 6.45) is 1.90. The maximum absolute atomic E-state index is 14.8. The Hall–Kier alpha value is -3.86. The molecule has 172 valence electrons. The number of aryl methyl sites for hydroxylation is 2. The Morgan fingerprint density at radius 3 is 2.03 bits per heavy atom. The first-order valence-electron chi connectivity index (χ1n) is 11.0.